The van der Waals surface area contributed by atoms with E-state index in [2.05, 4.69) is 5.32 Å². The molecular weight excluding hydrogens is 422 g/mol. The topological polar surface area (TPSA) is 86.8 Å². The van der Waals surface area contributed by atoms with Crippen molar-refractivity contribution in [3.05, 3.63) is 45.6 Å². The van der Waals surface area contributed by atoms with E-state index in [0.717, 1.165) is 4.31 Å². The molecule has 1 aromatic carbocycles. The summed E-state index contributed by atoms with van der Waals surface area (Å²) < 4.78 is 27.0. The van der Waals surface area contributed by atoms with Crippen molar-refractivity contribution in [1.82, 2.24) is 9.62 Å². The lowest BCUT2D eigenvalue weighted by Crippen LogP contribution is -2.39. The molecule has 1 N–H and O–H groups in total. The number of aryl methyl sites for hydroxylation is 1. The number of likely N-dealkylation sites (N-methyl/N-ethyl adjacent to an activating group) is 2. The second-order valence-corrected chi connectivity index (χ2v) is 11.1. The van der Waals surface area contributed by atoms with Crippen molar-refractivity contribution < 1.29 is 18.0 Å². The van der Waals surface area contributed by atoms with E-state index in [-0.39, 0.29) is 23.3 Å². The SMILES string of the molecule is Cc1ccsc1CCNC(=O)CN(C)S(=O)(=O)c1ccc2c(c1)C(C)(C)C(=O)N2C. The zero-order chi connectivity index (χ0) is 22.3. The van der Waals surface area contributed by atoms with Crippen LogP contribution in [-0.4, -0.2) is 51.7 Å². The first-order chi connectivity index (χ1) is 14.0. The van der Waals surface area contributed by atoms with Crippen molar-refractivity contribution in [2.24, 2.45) is 0 Å². The van der Waals surface area contributed by atoms with Crippen LogP contribution in [0.4, 0.5) is 5.69 Å². The van der Waals surface area contributed by atoms with Gasteiger partial charge in [0.15, 0.2) is 0 Å². The van der Waals surface area contributed by atoms with Crippen molar-refractivity contribution in [2.45, 2.75) is 37.5 Å². The molecule has 3 rings (SSSR count). The highest BCUT2D eigenvalue weighted by molar-refractivity contribution is 7.89. The zero-order valence-electron chi connectivity index (χ0n) is 17.9. The smallest absolute Gasteiger partial charge is 0.243 e. The predicted molar refractivity (Wildman–Crippen MR) is 118 cm³/mol. The number of thiophene rings is 1. The Kier molecular flexibility index (Phi) is 6.08. The van der Waals surface area contributed by atoms with Crippen molar-refractivity contribution in [2.75, 3.05) is 32.1 Å². The maximum absolute atomic E-state index is 13.0. The Bertz CT molecular complexity index is 1090. The van der Waals surface area contributed by atoms with Crippen molar-refractivity contribution in [3.63, 3.8) is 0 Å². The van der Waals surface area contributed by atoms with E-state index in [1.165, 1.54) is 28.5 Å². The number of amides is 2. The molecule has 0 aliphatic carbocycles. The molecule has 30 heavy (non-hydrogen) atoms. The summed E-state index contributed by atoms with van der Waals surface area (Å²) in [5.41, 5.74) is 1.76. The second-order valence-electron chi connectivity index (χ2n) is 8.06. The second kappa shape index (κ2) is 8.13. The van der Waals surface area contributed by atoms with Crippen LogP contribution < -0.4 is 10.2 Å². The fourth-order valence-corrected chi connectivity index (χ4v) is 5.68. The quantitative estimate of drug-likeness (QED) is 0.703. The van der Waals surface area contributed by atoms with Gasteiger partial charge in [-0.2, -0.15) is 4.31 Å². The third-order valence-corrected chi connectivity index (χ3v) is 8.44. The van der Waals surface area contributed by atoms with Gasteiger partial charge in [0.05, 0.1) is 16.9 Å². The van der Waals surface area contributed by atoms with Gasteiger partial charge >= 0.3 is 0 Å². The number of benzene rings is 1. The molecule has 0 spiro atoms. The third kappa shape index (κ3) is 4.01. The molecule has 0 atom stereocenters. The van der Waals surface area contributed by atoms with Crippen molar-refractivity contribution >= 4 is 38.9 Å². The van der Waals surface area contributed by atoms with Crippen LogP contribution in [0.2, 0.25) is 0 Å². The molecule has 2 aromatic rings. The zero-order valence-corrected chi connectivity index (χ0v) is 19.5. The van der Waals surface area contributed by atoms with Crippen LogP contribution in [0.15, 0.2) is 34.5 Å². The molecule has 7 nitrogen and oxygen atoms in total. The standard InChI is InChI=1S/C21H27N3O4S2/c1-14-9-11-29-18(14)8-10-22-19(25)13-23(4)30(27,28)15-6-7-17-16(12-15)21(2,3)20(26)24(17)5/h6-7,9,11-12H,8,10,13H2,1-5H3,(H,22,25). The van der Waals surface area contributed by atoms with Crippen LogP contribution in [0.1, 0.15) is 29.9 Å². The lowest BCUT2D eigenvalue weighted by Gasteiger charge is -2.19. The van der Waals surface area contributed by atoms with E-state index >= 15 is 0 Å². The molecule has 0 saturated heterocycles. The van der Waals surface area contributed by atoms with Gasteiger partial charge in [-0.15, -0.1) is 11.3 Å². The van der Waals surface area contributed by atoms with E-state index in [0.29, 0.717) is 24.2 Å². The molecule has 1 aliphatic heterocycles. The number of hydrogen-bond donors (Lipinski definition) is 1. The molecule has 162 valence electrons. The molecule has 9 heteroatoms. The number of rotatable bonds is 7. The Hall–Kier alpha value is -2.23. The Balaban J connectivity index is 1.68. The lowest BCUT2D eigenvalue weighted by atomic mass is 9.86. The van der Waals surface area contributed by atoms with Gasteiger partial charge in [-0.05, 0) is 68.0 Å². The number of anilines is 1. The molecule has 1 aliphatic rings. The Morgan fingerprint density at radius 2 is 1.97 bits per heavy atom. The number of carbonyl (C=O) groups is 2. The maximum atomic E-state index is 13.0. The average Bonchev–Trinajstić information content (AvgIpc) is 3.17. The normalized spacial score (nSPS) is 15.5. The Labute approximate surface area is 181 Å². The molecule has 0 radical (unpaired) electrons. The van der Waals surface area contributed by atoms with Crippen molar-refractivity contribution in [3.8, 4) is 0 Å². The molecule has 0 fully saturated rings. The highest BCUT2D eigenvalue weighted by atomic mass is 32.2. The lowest BCUT2D eigenvalue weighted by molar-refractivity contribution is -0.122. The summed E-state index contributed by atoms with van der Waals surface area (Å²) >= 11 is 1.64. The number of nitrogens with one attached hydrogen (secondary N) is 1. The minimum Gasteiger partial charge on any atom is -0.355 e. The Morgan fingerprint density at radius 3 is 2.60 bits per heavy atom. The van der Waals surface area contributed by atoms with Gasteiger partial charge in [-0.25, -0.2) is 8.42 Å². The van der Waals surface area contributed by atoms with Gasteiger partial charge in [0.2, 0.25) is 21.8 Å². The minimum atomic E-state index is -3.87. The number of sulfonamides is 1. The van der Waals surface area contributed by atoms with E-state index in [9.17, 15) is 18.0 Å². The number of hydrogen-bond acceptors (Lipinski definition) is 5. The third-order valence-electron chi connectivity index (χ3n) is 5.56. The average molecular weight is 450 g/mol. The van der Waals surface area contributed by atoms with Gasteiger partial charge in [0, 0.05) is 31.2 Å². The fourth-order valence-electron chi connectivity index (χ4n) is 3.61. The van der Waals surface area contributed by atoms with Crippen LogP contribution in [0.3, 0.4) is 0 Å². The van der Waals surface area contributed by atoms with Crippen LogP contribution >= 0.6 is 11.3 Å². The van der Waals surface area contributed by atoms with E-state index in [1.54, 1.807) is 44.4 Å². The first kappa shape index (κ1) is 22.5. The van der Waals surface area contributed by atoms with Crippen LogP contribution in [-0.2, 0) is 31.4 Å². The molecule has 2 amide bonds. The fraction of sp³-hybridized carbons (Fsp3) is 0.429. The summed E-state index contributed by atoms with van der Waals surface area (Å²) in [6, 6.07) is 6.70. The van der Waals surface area contributed by atoms with Crippen LogP contribution in [0.25, 0.3) is 0 Å². The van der Waals surface area contributed by atoms with Gasteiger partial charge in [-0.1, -0.05) is 0 Å². The monoisotopic (exact) mass is 449 g/mol. The van der Waals surface area contributed by atoms with Gasteiger partial charge in [0.25, 0.3) is 0 Å². The molecule has 0 unspecified atom stereocenters. The van der Waals surface area contributed by atoms with E-state index in [1.807, 2.05) is 18.4 Å². The number of carbonyl (C=O) groups excluding carboxylic acids is 2. The van der Waals surface area contributed by atoms with E-state index in [4.69, 9.17) is 0 Å². The van der Waals surface area contributed by atoms with Gasteiger partial charge in [-0.3, -0.25) is 9.59 Å². The highest BCUT2D eigenvalue weighted by Gasteiger charge is 2.43. The van der Waals surface area contributed by atoms with Gasteiger partial charge < -0.3 is 10.2 Å². The summed E-state index contributed by atoms with van der Waals surface area (Å²) in [6.45, 7) is 5.76. The van der Waals surface area contributed by atoms with Crippen LogP contribution in [0, 0.1) is 6.92 Å². The minimum absolute atomic E-state index is 0.0712. The highest BCUT2D eigenvalue weighted by Crippen LogP contribution is 2.41. The maximum Gasteiger partial charge on any atom is 0.243 e. The summed E-state index contributed by atoms with van der Waals surface area (Å²) in [5.74, 6) is -0.438. The van der Waals surface area contributed by atoms with Crippen molar-refractivity contribution in [1.29, 1.82) is 0 Å². The molecular formula is C21H27N3O4S2. The number of nitrogens with zero attached hydrogens (tertiary/aromatic N) is 2. The Morgan fingerprint density at radius 1 is 1.27 bits per heavy atom. The first-order valence-corrected chi connectivity index (χ1v) is 12.0. The summed E-state index contributed by atoms with van der Waals surface area (Å²) in [7, 11) is -0.809. The number of fused-ring (bicyclic) bond motifs is 1. The van der Waals surface area contributed by atoms with Gasteiger partial charge in [0.1, 0.15) is 0 Å². The molecule has 2 heterocycles. The summed E-state index contributed by atoms with van der Waals surface area (Å²) in [5, 5.41) is 4.79. The summed E-state index contributed by atoms with van der Waals surface area (Å²) in [4.78, 5) is 27.5. The largest absolute Gasteiger partial charge is 0.355 e. The van der Waals surface area contributed by atoms with E-state index < -0.39 is 15.4 Å². The predicted octanol–water partition coefficient (Wildman–Crippen LogP) is 2.29. The first-order valence-electron chi connectivity index (χ1n) is 9.65. The molecule has 0 saturated carbocycles. The van der Waals surface area contributed by atoms with Crippen LogP contribution in [0.5, 0.6) is 0 Å². The summed E-state index contributed by atoms with van der Waals surface area (Å²) in [6.07, 6.45) is 0.715. The molecule has 1 aromatic heterocycles. The molecule has 0 bridgehead atoms.